The fourth-order valence-electron chi connectivity index (χ4n) is 7.43. The summed E-state index contributed by atoms with van der Waals surface area (Å²) in [6.07, 6.45) is 53.8. The zero-order valence-corrected chi connectivity index (χ0v) is 42.1. The van der Waals surface area contributed by atoms with Gasteiger partial charge in [-0.05, 0) is 64.2 Å². The molecule has 9 heteroatoms. The average Bonchev–Trinajstić information content (AvgIpc) is 3.22. The average molecular weight is 885 g/mol. The van der Waals surface area contributed by atoms with E-state index in [4.69, 9.17) is 18.5 Å². The number of likely N-dealkylation sites (N-methyl/N-ethyl adjacent to an activating group) is 1. The van der Waals surface area contributed by atoms with Gasteiger partial charge in [0.15, 0.2) is 0 Å². The summed E-state index contributed by atoms with van der Waals surface area (Å²) in [5.74, 6) is -0.319. The van der Waals surface area contributed by atoms with Crippen LogP contribution < -0.4 is 0 Å². The molecule has 0 aromatic rings. The van der Waals surface area contributed by atoms with Gasteiger partial charge in [0.25, 0.3) is 0 Å². The smallest absolute Gasteiger partial charge is 0.457 e. The van der Waals surface area contributed by atoms with E-state index in [0.717, 1.165) is 44.9 Å². The van der Waals surface area contributed by atoms with E-state index in [1.54, 1.807) is 0 Å². The predicted octanol–water partition coefficient (Wildman–Crippen LogP) is 16.0. The van der Waals surface area contributed by atoms with Gasteiger partial charge in [0.2, 0.25) is 0 Å². The third-order valence-electron chi connectivity index (χ3n) is 11.5. The minimum Gasteiger partial charge on any atom is -0.457 e. The monoisotopic (exact) mass is 885 g/mol. The molecular formula is C52H103NO7P+. The first kappa shape index (κ1) is 60.0. The number of nitrogens with zero attached hydrogens (tertiary/aromatic N) is 1. The van der Waals surface area contributed by atoms with Crippen LogP contribution in [0.15, 0.2) is 24.3 Å². The minimum atomic E-state index is -4.28. The van der Waals surface area contributed by atoms with E-state index in [-0.39, 0.29) is 25.8 Å². The van der Waals surface area contributed by atoms with Crippen LogP contribution in [-0.4, -0.2) is 75.6 Å². The Balaban J connectivity index is 4.01. The lowest BCUT2D eigenvalue weighted by Crippen LogP contribution is -2.37. The molecule has 0 spiro atoms. The van der Waals surface area contributed by atoms with Gasteiger partial charge in [0, 0.05) is 13.0 Å². The highest BCUT2D eigenvalue weighted by atomic mass is 31.2. The maximum absolute atomic E-state index is 12.7. The van der Waals surface area contributed by atoms with Crippen molar-refractivity contribution in [1.29, 1.82) is 0 Å². The van der Waals surface area contributed by atoms with Gasteiger partial charge in [-0.2, -0.15) is 0 Å². The van der Waals surface area contributed by atoms with Crippen LogP contribution in [0.1, 0.15) is 245 Å². The van der Waals surface area contributed by atoms with Crippen LogP contribution in [0.25, 0.3) is 0 Å². The number of quaternary nitrogens is 1. The molecule has 362 valence electrons. The number of phosphoric acid groups is 1. The van der Waals surface area contributed by atoms with Crippen LogP contribution in [0.5, 0.6) is 0 Å². The lowest BCUT2D eigenvalue weighted by molar-refractivity contribution is -0.870. The van der Waals surface area contributed by atoms with Crippen molar-refractivity contribution in [2.24, 2.45) is 0 Å². The quantitative estimate of drug-likeness (QED) is 0.0214. The molecule has 0 amide bonds. The van der Waals surface area contributed by atoms with Gasteiger partial charge in [-0.3, -0.25) is 13.8 Å². The Hall–Kier alpha value is -1.02. The number of carbonyl (C=O) groups is 1. The molecule has 61 heavy (non-hydrogen) atoms. The summed E-state index contributed by atoms with van der Waals surface area (Å²) in [7, 11) is 1.67. The van der Waals surface area contributed by atoms with Gasteiger partial charge in [-0.25, -0.2) is 4.57 Å². The van der Waals surface area contributed by atoms with Crippen molar-refractivity contribution in [2.75, 3.05) is 54.1 Å². The number of phosphoric ester groups is 1. The number of allylic oxidation sites excluding steroid dienone is 4. The predicted molar refractivity (Wildman–Crippen MR) is 261 cm³/mol. The maximum atomic E-state index is 12.7. The lowest BCUT2D eigenvalue weighted by Gasteiger charge is -2.24. The highest BCUT2D eigenvalue weighted by Crippen LogP contribution is 2.43. The molecule has 0 heterocycles. The van der Waals surface area contributed by atoms with Crippen molar-refractivity contribution in [3.05, 3.63) is 24.3 Å². The third kappa shape index (κ3) is 49.8. The summed E-state index contributed by atoms with van der Waals surface area (Å²) < 4.78 is 35.1. The number of hydrogen-bond acceptors (Lipinski definition) is 6. The molecule has 0 aromatic heterocycles. The van der Waals surface area contributed by atoms with Crippen molar-refractivity contribution >= 4 is 13.8 Å². The summed E-state index contributed by atoms with van der Waals surface area (Å²) in [4.78, 5) is 22.9. The van der Waals surface area contributed by atoms with Crippen LogP contribution in [-0.2, 0) is 27.9 Å². The molecule has 0 aromatic carbocycles. The third-order valence-corrected chi connectivity index (χ3v) is 12.5. The Kier molecular flexibility index (Phi) is 44.8. The van der Waals surface area contributed by atoms with Gasteiger partial charge < -0.3 is 18.9 Å². The summed E-state index contributed by atoms with van der Waals surface area (Å²) in [6, 6.07) is 0. The molecule has 0 aliphatic carbocycles. The van der Waals surface area contributed by atoms with Crippen LogP contribution >= 0.6 is 7.82 Å². The fraction of sp³-hybridized carbons (Fsp3) is 0.904. The van der Waals surface area contributed by atoms with E-state index in [0.29, 0.717) is 24.1 Å². The first-order chi connectivity index (χ1) is 29.6. The standard InChI is InChI=1S/C52H102NO7P/c1-6-8-10-12-14-16-18-20-21-22-23-24-25-26-27-28-29-30-31-32-34-36-38-40-42-44-47-57-49-51(50-59-61(55,56)58-48-46-53(3,4)5)60-52(54)45-43-41-39-37-35-33-19-17-15-13-11-9-7-2/h17,19,22-23,51H,6-16,18,20-21,24-50H2,1-5H3/p+1/b19-17-,23-22-. The van der Waals surface area contributed by atoms with Gasteiger partial charge >= 0.3 is 13.8 Å². The number of hydrogen-bond donors (Lipinski definition) is 1. The van der Waals surface area contributed by atoms with Crippen LogP contribution in [0.3, 0.4) is 0 Å². The first-order valence-corrected chi connectivity index (χ1v) is 27.6. The molecule has 2 atom stereocenters. The van der Waals surface area contributed by atoms with Crippen molar-refractivity contribution in [3.63, 3.8) is 0 Å². The molecule has 1 N–H and O–H groups in total. The maximum Gasteiger partial charge on any atom is 0.472 e. The van der Waals surface area contributed by atoms with Crippen LogP contribution in [0, 0.1) is 0 Å². The van der Waals surface area contributed by atoms with E-state index < -0.39 is 13.9 Å². The summed E-state index contributed by atoms with van der Waals surface area (Å²) in [5, 5.41) is 0. The molecule has 0 rings (SSSR count). The molecule has 0 fully saturated rings. The Bertz CT molecular complexity index is 1030. The second kappa shape index (κ2) is 45.5. The zero-order chi connectivity index (χ0) is 44.8. The first-order valence-electron chi connectivity index (χ1n) is 26.1. The summed E-state index contributed by atoms with van der Waals surface area (Å²) >= 11 is 0. The van der Waals surface area contributed by atoms with Gasteiger partial charge in [0.1, 0.15) is 19.3 Å². The number of ether oxygens (including phenoxy) is 2. The number of unbranched alkanes of at least 4 members (excludes halogenated alkanes) is 31. The molecule has 2 unspecified atom stereocenters. The molecule has 0 aliphatic heterocycles. The number of carbonyl (C=O) groups excluding carboxylic acids is 1. The molecule has 0 radical (unpaired) electrons. The van der Waals surface area contributed by atoms with E-state index in [2.05, 4.69) is 38.2 Å². The SMILES string of the molecule is CCCCCC/C=C\CCCCCCCC(=O)OC(COCCCCCCCCCCCCCCCC/C=C\CCCCCCCCCC)COP(=O)(O)OCC[N+](C)(C)C. The zero-order valence-electron chi connectivity index (χ0n) is 41.2. The van der Waals surface area contributed by atoms with E-state index in [1.165, 1.54) is 180 Å². The van der Waals surface area contributed by atoms with Gasteiger partial charge in [0.05, 0.1) is 34.4 Å². The second-order valence-corrected chi connectivity index (χ2v) is 20.4. The highest BCUT2D eigenvalue weighted by molar-refractivity contribution is 7.47. The Morgan fingerprint density at radius 3 is 1.26 bits per heavy atom. The minimum absolute atomic E-state index is 0.0889. The summed E-state index contributed by atoms with van der Waals surface area (Å²) in [5.41, 5.74) is 0. The van der Waals surface area contributed by atoms with Crippen molar-refractivity contribution in [3.8, 4) is 0 Å². The normalized spacial score (nSPS) is 13.7. The Labute approximate surface area is 379 Å². The topological polar surface area (TPSA) is 91.3 Å². The molecular weight excluding hydrogens is 782 g/mol. The fourth-order valence-corrected chi connectivity index (χ4v) is 8.17. The molecule has 0 saturated heterocycles. The Morgan fingerprint density at radius 1 is 0.492 bits per heavy atom. The molecule has 8 nitrogen and oxygen atoms in total. The molecule has 0 aliphatic rings. The van der Waals surface area contributed by atoms with Crippen LogP contribution in [0.4, 0.5) is 0 Å². The van der Waals surface area contributed by atoms with Gasteiger partial charge in [-0.15, -0.1) is 0 Å². The van der Waals surface area contributed by atoms with Crippen LogP contribution in [0.2, 0.25) is 0 Å². The van der Waals surface area contributed by atoms with E-state index in [9.17, 15) is 14.3 Å². The number of esters is 1. The highest BCUT2D eigenvalue weighted by Gasteiger charge is 2.26. The lowest BCUT2D eigenvalue weighted by atomic mass is 10.0. The van der Waals surface area contributed by atoms with E-state index in [1.807, 2.05) is 21.1 Å². The van der Waals surface area contributed by atoms with E-state index >= 15 is 0 Å². The largest absolute Gasteiger partial charge is 0.472 e. The second-order valence-electron chi connectivity index (χ2n) is 18.9. The Morgan fingerprint density at radius 2 is 0.852 bits per heavy atom. The van der Waals surface area contributed by atoms with Crippen molar-refractivity contribution < 1.29 is 37.3 Å². The van der Waals surface area contributed by atoms with Crippen molar-refractivity contribution in [2.45, 2.75) is 251 Å². The summed E-state index contributed by atoms with van der Waals surface area (Å²) in [6.45, 7) is 5.63. The number of rotatable bonds is 49. The van der Waals surface area contributed by atoms with Gasteiger partial charge in [-0.1, -0.05) is 199 Å². The molecule has 0 bridgehead atoms. The molecule has 0 saturated carbocycles. The van der Waals surface area contributed by atoms with Crippen molar-refractivity contribution in [1.82, 2.24) is 0 Å².